The lowest BCUT2D eigenvalue weighted by Crippen LogP contribution is -2.61. The molecule has 9 aromatic carbocycles. The van der Waals surface area contributed by atoms with Crippen LogP contribution in [0.2, 0.25) is 0 Å². The number of anilines is 9. The van der Waals surface area contributed by atoms with E-state index < -0.39 is 0 Å². The van der Waals surface area contributed by atoms with Gasteiger partial charge < -0.3 is 14.7 Å². The molecule has 0 aromatic heterocycles. The van der Waals surface area contributed by atoms with Crippen molar-refractivity contribution in [1.82, 2.24) is 0 Å². The molecule has 0 fully saturated rings. The first-order chi connectivity index (χ1) is 36.8. The Morgan fingerprint density at radius 3 is 1.10 bits per heavy atom. The largest absolute Gasteiger partial charge is 0.311 e. The molecule has 11 rings (SSSR count). The zero-order valence-corrected chi connectivity index (χ0v) is 49.0. The maximum atomic E-state index is 2.60. The number of nitrogens with zero attached hydrogens (tertiary/aromatic N) is 3. The van der Waals surface area contributed by atoms with E-state index in [1.807, 2.05) is 0 Å². The third kappa shape index (κ3) is 9.67. The normalized spacial score (nSPS) is 13.5. The maximum absolute atomic E-state index is 2.60. The van der Waals surface area contributed by atoms with Crippen molar-refractivity contribution < 1.29 is 0 Å². The Morgan fingerprint density at radius 2 is 0.679 bits per heavy atom. The van der Waals surface area contributed by atoms with E-state index in [0.29, 0.717) is 0 Å². The molecule has 0 amide bonds. The van der Waals surface area contributed by atoms with Gasteiger partial charge in [-0.1, -0.05) is 231 Å². The van der Waals surface area contributed by atoms with E-state index in [9.17, 15) is 0 Å². The summed E-state index contributed by atoms with van der Waals surface area (Å²) in [5, 5.41) is 0. The van der Waals surface area contributed by atoms with E-state index in [2.05, 4.69) is 319 Å². The zero-order chi connectivity index (χ0) is 55.3. The van der Waals surface area contributed by atoms with Crippen LogP contribution in [0.25, 0.3) is 22.3 Å². The molecule has 0 radical (unpaired) electrons. The summed E-state index contributed by atoms with van der Waals surface area (Å²) in [6.45, 7) is 34.6. The number of hydrogen-bond acceptors (Lipinski definition) is 3. The molecule has 0 aliphatic carbocycles. The van der Waals surface area contributed by atoms with Gasteiger partial charge in [0.05, 0.1) is 5.69 Å². The minimum atomic E-state index is -0.107. The molecule has 78 heavy (non-hydrogen) atoms. The van der Waals surface area contributed by atoms with Crippen LogP contribution in [0.3, 0.4) is 0 Å². The van der Waals surface area contributed by atoms with Crippen molar-refractivity contribution in [2.45, 2.75) is 131 Å². The summed E-state index contributed by atoms with van der Waals surface area (Å²) < 4.78 is 0. The fourth-order valence-corrected chi connectivity index (χ4v) is 11.8. The Balaban J connectivity index is 1.28. The molecule has 0 bridgehead atoms. The lowest BCUT2D eigenvalue weighted by molar-refractivity contribution is 0.590. The summed E-state index contributed by atoms with van der Waals surface area (Å²) in [5.41, 5.74) is 25.4. The van der Waals surface area contributed by atoms with E-state index >= 15 is 0 Å². The third-order valence-corrected chi connectivity index (χ3v) is 16.4. The number of benzene rings is 9. The summed E-state index contributed by atoms with van der Waals surface area (Å²) >= 11 is 0. The van der Waals surface area contributed by atoms with Crippen molar-refractivity contribution in [3.05, 3.63) is 228 Å². The SMILES string of the molecule is CC(C)(C)c1ccc(N(c2ccc(C(C)(C)C)cc2)c2cc3c(cc2-c2ccccc2)B2c4cc(C(C)(C)C)ccc4N(c4ccc(C(C)(C)C)cc4)c4cc(-c5ccccc5)cc(c42)N3c2ccc(C(C)(C)C)cc2)cc1. The van der Waals surface area contributed by atoms with Crippen LogP contribution < -0.4 is 31.1 Å². The fraction of sp³-hybridized carbons (Fsp3) is 0.270. The summed E-state index contributed by atoms with van der Waals surface area (Å²) in [7, 11) is 0. The quantitative estimate of drug-likeness (QED) is 0.147. The van der Waals surface area contributed by atoms with Crippen molar-refractivity contribution in [2.75, 3.05) is 14.7 Å². The van der Waals surface area contributed by atoms with Gasteiger partial charge in [-0.25, -0.2) is 0 Å². The zero-order valence-electron chi connectivity index (χ0n) is 49.0. The molecule has 2 aliphatic rings. The van der Waals surface area contributed by atoms with Crippen molar-refractivity contribution in [2.24, 2.45) is 0 Å². The molecule has 2 aliphatic heterocycles. The van der Waals surface area contributed by atoms with Gasteiger partial charge in [-0.2, -0.15) is 0 Å². The first kappa shape index (κ1) is 52.5. The molecule has 4 heteroatoms. The highest BCUT2D eigenvalue weighted by molar-refractivity contribution is 7.00. The third-order valence-electron chi connectivity index (χ3n) is 16.4. The van der Waals surface area contributed by atoms with Crippen molar-refractivity contribution in [3.63, 3.8) is 0 Å². The maximum Gasteiger partial charge on any atom is 0.252 e. The molecular formula is C74H78BN3. The van der Waals surface area contributed by atoms with E-state index in [0.717, 1.165) is 28.4 Å². The summed E-state index contributed by atoms with van der Waals surface area (Å²) in [6, 6.07) is 76.9. The second kappa shape index (κ2) is 19.1. The van der Waals surface area contributed by atoms with Crippen LogP contribution in [0.15, 0.2) is 200 Å². The van der Waals surface area contributed by atoms with Gasteiger partial charge in [-0.3, -0.25) is 0 Å². The molecule has 0 spiro atoms. The number of fused-ring (bicyclic) bond motifs is 4. The Kier molecular flexibility index (Phi) is 12.9. The first-order valence-corrected chi connectivity index (χ1v) is 28.3. The first-order valence-electron chi connectivity index (χ1n) is 28.3. The predicted octanol–water partition coefficient (Wildman–Crippen LogP) is 19.1. The molecular weight excluding hydrogens is 942 g/mol. The van der Waals surface area contributed by atoms with Crippen LogP contribution in [0, 0.1) is 0 Å². The number of hydrogen-bond donors (Lipinski definition) is 0. The van der Waals surface area contributed by atoms with E-state index in [1.165, 1.54) is 89.2 Å². The van der Waals surface area contributed by atoms with Crippen LogP contribution in [0.1, 0.15) is 132 Å². The second-order valence-corrected chi connectivity index (χ2v) is 27.2. The smallest absolute Gasteiger partial charge is 0.252 e. The van der Waals surface area contributed by atoms with Crippen molar-refractivity contribution >= 4 is 74.3 Å². The molecule has 392 valence electrons. The molecule has 0 saturated heterocycles. The van der Waals surface area contributed by atoms with Crippen LogP contribution >= 0.6 is 0 Å². The second-order valence-electron chi connectivity index (χ2n) is 27.2. The molecule has 9 aromatic rings. The van der Waals surface area contributed by atoms with Crippen LogP contribution in [0.5, 0.6) is 0 Å². The van der Waals surface area contributed by atoms with Gasteiger partial charge >= 0.3 is 0 Å². The van der Waals surface area contributed by atoms with Crippen LogP contribution in [0.4, 0.5) is 51.2 Å². The highest BCUT2D eigenvalue weighted by Gasteiger charge is 2.45. The van der Waals surface area contributed by atoms with Crippen molar-refractivity contribution in [1.29, 1.82) is 0 Å². The molecule has 0 N–H and O–H groups in total. The lowest BCUT2D eigenvalue weighted by atomic mass is 9.33. The van der Waals surface area contributed by atoms with E-state index in [4.69, 9.17) is 0 Å². The average molecular weight is 1020 g/mol. The van der Waals surface area contributed by atoms with Gasteiger partial charge in [0.25, 0.3) is 6.71 Å². The Morgan fingerprint density at radius 1 is 0.308 bits per heavy atom. The lowest BCUT2D eigenvalue weighted by Gasteiger charge is -2.45. The summed E-state index contributed by atoms with van der Waals surface area (Å²) in [4.78, 5) is 7.68. The summed E-state index contributed by atoms with van der Waals surface area (Å²) in [5.74, 6) is 0. The van der Waals surface area contributed by atoms with Crippen molar-refractivity contribution in [3.8, 4) is 22.3 Å². The highest BCUT2D eigenvalue weighted by Crippen LogP contribution is 2.51. The van der Waals surface area contributed by atoms with Gasteiger partial charge in [0.1, 0.15) is 0 Å². The fourth-order valence-electron chi connectivity index (χ4n) is 11.8. The topological polar surface area (TPSA) is 9.72 Å². The Labute approximate surface area is 467 Å². The average Bonchev–Trinajstić information content (AvgIpc) is 2.34. The molecule has 2 heterocycles. The molecule has 0 unspecified atom stereocenters. The summed E-state index contributed by atoms with van der Waals surface area (Å²) in [6.07, 6.45) is 0. The minimum absolute atomic E-state index is 0.00121. The molecule has 3 nitrogen and oxygen atoms in total. The Bertz CT molecular complexity index is 3590. The van der Waals surface area contributed by atoms with Gasteiger partial charge in [0, 0.05) is 51.1 Å². The van der Waals surface area contributed by atoms with E-state index in [-0.39, 0.29) is 33.8 Å². The van der Waals surface area contributed by atoms with E-state index in [1.54, 1.807) is 0 Å². The monoisotopic (exact) mass is 1020 g/mol. The van der Waals surface area contributed by atoms with Gasteiger partial charge in [0.15, 0.2) is 0 Å². The van der Waals surface area contributed by atoms with Crippen LogP contribution in [-0.4, -0.2) is 6.71 Å². The minimum Gasteiger partial charge on any atom is -0.311 e. The molecule has 0 saturated carbocycles. The predicted molar refractivity (Wildman–Crippen MR) is 340 cm³/mol. The van der Waals surface area contributed by atoms with Crippen LogP contribution in [-0.2, 0) is 27.1 Å². The number of rotatable bonds is 7. The van der Waals surface area contributed by atoms with Gasteiger partial charge in [-0.05, 0) is 161 Å². The highest BCUT2D eigenvalue weighted by atomic mass is 15.2. The van der Waals surface area contributed by atoms with Gasteiger partial charge in [0.2, 0.25) is 0 Å². The van der Waals surface area contributed by atoms with Gasteiger partial charge in [-0.15, -0.1) is 0 Å². The standard InChI is InChI=1S/C74H78BN3/c1-70(2,3)52-26-35-57(36-27-52)76(58-37-28-53(29-38-58)71(4,5)6)65-48-66-63(47-61(65)50-24-20-17-21-25-50)75-62-46-56(74(13,14)15)34-43-64(62)77(59-39-30-54(31-40-59)72(7,8)9)67-44-51(49-22-18-16-19-23-49)45-68(69(67)75)78(66)60-41-32-55(33-42-60)73(10,11)12/h16-48H,1-15H3. The molecule has 0 atom stereocenters. The Hall–Kier alpha value is -7.56.